The number of hydrogen-bond acceptors (Lipinski definition) is 3. The van der Waals surface area contributed by atoms with Crippen molar-refractivity contribution in [3.63, 3.8) is 0 Å². The molecule has 0 radical (unpaired) electrons. The number of nitrogens with zero attached hydrogens (tertiary/aromatic N) is 1. The Morgan fingerprint density at radius 2 is 1.73 bits per heavy atom. The SMILES string of the molecule is CC[C@H](NC(=O)c1cccc(N(C)S(C)(=O)=O)c1C)c1ccc(C)cc1. The van der Waals surface area contributed by atoms with Gasteiger partial charge in [0.2, 0.25) is 10.0 Å². The Hall–Kier alpha value is -2.34. The molecule has 0 heterocycles. The van der Waals surface area contributed by atoms with Crippen molar-refractivity contribution in [3.05, 3.63) is 64.7 Å². The average molecular weight is 375 g/mol. The van der Waals surface area contributed by atoms with E-state index in [4.69, 9.17) is 0 Å². The largest absolute Gasteiger partial charge is 0.345 e. The van der Waals surface area contributed by atoms with Crippen molar-refractivity contribution >= 4 is 21.6 Å². The van der Waals surface area contributed by atoms with Crippen molar-refractivity contribution in [1.29, 1.82) is 0 Å². The summed E-state index contributed by atoms with van der Waals surface area (Å²) in [6.07, 6.45) is 1.90. The lowest BCUT2D eigenvalue weighted by Crippen LogP contribution is -2.30. The molecule has 0 fully saturated rings. The highest BCUT2D eigenvalue weighted by atomic mass is 32.2. The molecule has 1 amide bonds. The van der Waals surface area contributed by atoms with E-state index in [0.29, 0.717) is 16.8 Å². The molecule has 2 aromatic carbocycles. The van der Waals surface area contributed by atoms with Gasteiger partial charge in [0.1, 0.15) is 0 Å². The first-order valence-corrected chi connectivity index (χ1v) is 10.4. The van der Waals surface area contributed by atoms with Gasteiger partial charge in [-0.25, -0.2) is 8.42 Å². The van der Waals surface area contributed by atoms with Crippen LogP contribution in [0.25, 0.3) is 0 Å². The summed E-state index contributed by atoms with van der Waals surface area (Å²) < 4.78 is 24.8. The van der Waals surface area contributed by atoms with Crippen molar-refractivity contribution < 1.29 is 13.2 Å². The molecule has 2 aromatic rings. The van der Waals surface area contributed by atoms with Crippen LogP contribution in [0, 0.1) is 13.8 Å². The number of carbonyl (C=O) groups excluding carboxylic acids is 1. The Morgan fingerprint density at radius 1 is 1.12 bits per heavy atom. The highest BCUT2D eigenvalue weighted by Gasteiger charge is 2.20. The van der Waals surface area contributed by atoms with E-state index in [9.17, 15) is 13.2 Å². The van der Waals surface area contributed by atoms with E-state index < -0.39 is 10.0 Å². The normalized spacial score (nSPS) is 12.5. The second-order valence-electron chi connectivity index (χ2n) is 6.53. The first-order chi connectivity index (χ1) is 12.1. The second-order valence-corrected chi connectivity index (χ2v) is 8.54. The maximum Gasteiger partial charge on any atom is 0.252 e. The number of nitrogens with one attached hydrogen (secondary N) is 1. The predicted octanol–water partition coefficient (Wildman–Crippen LogP) is 3.58. The standard InChI is InChI=1S/C20H26N2O3S/c1-6-18(16-12-10-14(2)11-13-16)21-20(23)17-8-7-9-19(15(17)3)22(4)26(5,24)25/h7-13,18H,6H2,1-5H3,(H,21,23)/t18-/m0/s1. The maximum atomic E-state index is 12.8. The molecule has 0 aliphatic heterocycles. The predicted molar refractivity (Wildman–Crippen MR) is 106 cm³/mol. The van der Waals surface area contributed by atoms with Crippen LogP contribution in [0.1, 0.15) is 46.4 Å². The van der Waals surface area contributed by atoms with Gasteiger partial charge in [-0.05, 0) is 43.5 Å². The zero-order valence-corrected chi connectivity index (χ0v) is 16.7. The van der Waals surface area contributed by atoms with Crippen molar-refractivity contribution in [1.82, 2.24) is 5.32 Å². The van der Waals surface area contributed by atoms with Crippen molar-refractivity contribution in [3.8, 4) is 0 Å². The molecule has 0 aliphatic rings. The maximum absolute atomic E-state index is 12.8. The van der Waals surface area contributed by atoms with E-state index >= 15 is 0 Å². The first kappa shape index (κ1) is 20.0. The molecule has 0 aromatic heterocycles. The molecular formula is C20H26N2O3S. The molecule has 1 atom stereocenters. The molecule has 0 saturated heterocycles. The Morgan fingerprint density at radius 3 is 2.27 bits per heavy atom. The van der Waals surface area contributed by atoms with Crippen LogP contribution in [-0.2, 0) is 10.0 Å². The third kappa shape index (κ3) is 4.43. The highest BCUT2D eigenvalue weighted by Crippen LogP contribution is 2.25. The van der Waals surface area contributed by atoms with Gasteiger partial charge >= 0.3 is 0 Å². The Balaban J connectivity index is 2.30. The number of anilines is 1. The number of aryl methyl sites for hydroxylation is 1. The van der Waals surface area contributed by atoms with Gasteiger partial charge in [0.15, 0.2) is 0 Å². The highest BCUT2D eigenvalue weighted by molar-refractivity contribution is 7.92. The molecule has 0 spiro atoms. The van der Waals surface area contributed by atoms with E-state index in [0.717, 1.165) is 18.2 Å². The van der Waals surface area contributed by atoms with Crippen LogP contribution in [0.5, 0.6) is 0 Å². The molecular weight excluding hydrogens is 348 g/mol. The van der Waals surface area contributed by atoms with E-state index in [1.807, 2.05) is 38.1 Å². The van der Waals surface area contributed by atoms with Crippen LogP contribution < -0.4 is 9.62 Å². The average Bonchev–Trinajstić information content (AvgIpc) is 2.59. The van der Waals surface area contributed by atoms with Gasteiger partial charge in [-0.2, -0.15) is 0 Å². The summed E-state index contributed by atoms with van der Waals surface area (Å²) in [7, 11) is -1.91. The Bertz CT molecular complexity index is 890. The van der Waals surface area contributed by atoms with E-state index in [1.54, 1.807) is 25.1 Å². The molecule has 0 aliphatic carbocycles. The van der Waals surface area contributed by atoms with E-state index in [-0.39, 0.29) is 11.9 Å². The molecule has 1 N–H and O–H groups in total. The number of sulfonamides is 1. The quantitative estimate of drug-likeness (QED) is 0.840. The smallest absolute Gasteiger partial charge is 0.252 e. The monoisotopic (exact) mass is 374 g/mol. The molecule has 6 heteroatoms. The van der Waals surface area contributed by atoms with Gasteiger partial charge in [0.25, 0.3) is 5.91 Å². The van der Waals surface area contributed by atoms with Gasteiger partial charge in [-0.1, -0.05) is 42.8 Å². The minimum Gasteiger partial charge on any atom is -0.345 e. The van der Waals surface area contributed by atoms with E-state index in [2.05, 4.69) is 5.32 Å². The van der Waals surface area contributed by atoms with Gasteiger partial charge in [-0.3, -0.25) is 9.10 Å². The molecule has 0 bridgehead atoms. The Labute approximate surface area is 156 Å². The summed E-state index contributed by atoms with van der Waals surface area (Å²) in [5, 5.41) is 3.06. The fraction of sp³-hybridized carbons (Fsp3) is 0.350. The number of carbonyl (C=O) groups is 1. The van der Waals surface area contributed by atoms with E-state index in [1.165, 1.54) is 16.9 Å². The van der Waals surface area contributed by atoms with Crippen molar-refractivity contribution in [2.45, 2.75) is 33.2 Å². The zero-order chi connectivity index (χ0) is 19.5. The van der Waals surface area contributed by atoms with Crippen LogP contribution in [0.2, 0.25) is 0 Å². The van der Waals surface area contributed by atoms with Crippen molar-refractivity contribution in [2.24, 2.45) is 0 Å². The van der Waals surface area contributed by atoms with Crippen LogP contribution in [0.3, 0.4) is 0 Å². The summed E-state index contributed by atoms with van der Waals surface area (Å²) >= 11 is 0. The number of benzene rings is 2. The summed E-state index contributed by atoms with van der Waals surface area (Å²) in [5.74, 6) is -0.210. The minimum absolute atomic E-state index is 0.0983. The van der Waals surface area contributed by atoms with Gasteiger partial charge < -0.3 is 5.32 Å². The number of hydrogen-bond donors (Lipinski definition) is 1. The minimum atomic E-state index is -3.39. The first-order valence-electron chi connectivity index (χ1n) is 8.56. The number of rotatable bonds is 6. The summed E-state index contributed by atoms with van der Waals surface area (Å²) in [6, 6.07) is 13.1. The fourth-order valence-corrected chi connectivity index (χ4v) is 3.40. The van der Waals surface area contributed by atoms with Gasteiger partial charge in [0, 0.05) is 12.6 Å². The summed E-state index contributed by atoms with van der Waals surface area (Å²) in [5.41, 5.74) is 3.83. The summed E-state index contributed by atoms with van der Waals surface area (Å²) in [6.45, 7) is 5.81. The second kappa shape index (κ2) is 7.91. The third-order valence-electron chi connectivity index (χ3n) is 4.58. The lowest BCUT2D eigenvalue weighted by molar-refractivity contribution is 0.0935. The van der Waals surface area contributed by atoms with Crippen LogP contribution in [-0.4, -0.2) is 27.6 Å². The van der Waals surface area contributed by atoms with Crippen molar-refractivity contribution in [2.75, 3.05) is 17.6 Å². The number of amides is 1. The molecule has 140 valence electrons. The van der Waals surface area contributed by atoms with Gasteiger partial charge in [-0.15, -0.1) is 0 Å². The molecule has 26 heavy (non-hydrogen) atoms. The van der Waals surface area contributed by atoms with Crippen LogP contribution in [0.15, 0.2) is 42.5 Å². The Kier molecular flexibility index (Phi) is 6.08. The molecule has 0 unspecified atom stereocenters. The topological polar surface area (TPSA) is 66.5 Å². The lowest BCUT2D eigenvalue weighted by atomic mass is 10.0. The zero-order valence-electron chi connectivity index (χ0n) is 15.9. The molecule has 0 saturated carbocycles. The van der Waals surface area contributed by atoms with Crippen LogP contribution >= 0.6 is 0 Å². The third-order valence-corrected chi connectivity index (χ3v) is 5.77. The molecule has 5 nitrogen and oxygen atoms in total. The van der Waals surface area contributed by atoms with Crippen LogP contribution in [0.4, 0.5) is 5.69 Å². The summed E-state index contributed by atoms with van der Waals surface area (Å²) in [4.78, 5) is 12.8. The fourth-order valence-electron chi connectivity index (χ4n) is 2.85. The lowest BCUT2D eigenvalue weighted by Gasteiger charge is -2.22. The van der Waals surface area contributed by atoms with Gasteiger partial charge in [0.05, 0.1) is 18.0 Å². The molecule has 2 rings (SSSR count).